The van der Waals surface area contributed by atoms with Crippen LogP contribution < -0.4 is 20.5 Å². The van der Waals surface area contributed by atoms with E-state index in [-0.39, 0.29) is 24.0 Å². The third-order valence-electron chi connectivity index (χ3n) is 4.36. The molecule has 1 saturated heterocycles. The summed E-state index contributed by atoms with van der Waals surface area (Å²) in [6.45, 7) is 7.18. The molecular weight excluding hydrogens is 431 g/mol. The van der Waals surface area contributed by atoms with Gasteiger partial charge in [0, 0.05) is 13.1 Å². The van der Waals surface area contributed by atoms with E-state index in [1.807, 2.05) is 18.2 Å². The lowest BCUT2D eigenvalue weighted by Gasteiger charge is -2.15. The quantitative estimate of drug-likeness (QED) is 0.353. The van der Waals surface area contributed by atoms with Gasteiger partial charge in [-0.25, -0.2) is 4.99 Å². The van der Waals surface area contributed by atoms with Gasteiger partial charge in [-0.1, -0.05) is 13.0 Å². The first-order valence-electron chi connectivity index (χ1n) is 8.63. The molecule has 2 rings (SSSR count). The van der Waals surface area contributed by atoms with Crippen LogP contribution in [0.15, 0.2) is 23.2 Å². The highest BCUT2D eigenvalue weighted by molar-refractivity contribution is 14.0. The van der Waals surface area contributed by atoms with Crippen LogP contribution in [0.25, 0.3) is 0 Å². The standard InChI is InChI=1S/C18H30N4O2.HI/c1-4-8-22-9-7-15(13-22)12-21-18(19)20-11-14-5-6-16(23-2)17(10-14)24-3;/h5-6,10,15H,4,7-9,11-13H2,1-3H3,(H3,19,20,21);1H. The van der Waals surface area contributed by atoms with E-state index in [0.29, 0.717) is 29.9 Å². The zero-order chi connectivity index (χ0) is 17.4. The summed E-state index contributed by atoms with van der Waals surface area (Å²) in [6, 6.07) is 5.78. The van der Waals surface area contributed by atoms with Crippen LogP contribution >= 0.6 is 24.0 Å². The van der Waals surface area contributed by atoms with Gasteiger partial charge >= 0.3 is 0 Å². The summed E-state index contributed by atoms with van der Waals surface area (Å²) in [5, 5.41) is 3.25. The van der Waals surface area contributed by atoms with Gasteiger partial charge in [-0.05, 0) is 49.5 Å². The van der Waals surface area contributed by atoms with E-state index in [0.717, 1.165) is 18.7 Å². The summed E-state index contributed by atoms with van der Waals surface area (Å²) in [5.41, 5.74) is 7.02. The Morgan fingerprint density at radius 3 is 2.76 bits per heavy atom. The zero-order valence-corrected chi connectivity index (χ0v) is 17.8. The summed E-state index contributed by atoms with van der Waals surface area (Å²) in [6.07, 6.45) is 2.45. The molecule has 0 radical (unpaired) electrons. The van der Waals surface area contributed by atoms with E-state index in [9.17, 15) is 0 Å². The van der Waals surface area contributed by atoms with Gasteiger partial charge in [0.2, 0.25) is 0 Å². The fraction of sp³-hybridized carbons (Fsp3) is 0.611. The fourth-order valence-electron chi connectivity index (χ4n) is 3.06. The minimum absolute atomic E-state index is 0. The van der Waals surface area contributed by atoms with Gasteiger partial charge in [0.25, 0.3) is 0 Å². The van der Waals surface area contributed by atoms with E-state index in [1.165, 1.54) is 25.9 Å². The number of nitrogens with two attached hydrogens (primary N) is 1. The average molecular weight is 462 g/mol. The molecule has 0 saturated carbocycles. The molecule has 25 heavy (non-hydrogen) atoms. The number of halogens is 1. The van der Waals surface area contributed by atoms with E-state index in [4.69, 9.17) is 15.2 Å². The lowest BCUT2D eigenvalue weighted by molar-refractivity contribution is 0.324. The van der Waals surface area contributed by atoms with Gasteiger partial charge in [-0.15, -0.1) is 24.0 Å². The smallest absolute Gasteiger partial charge is 0.188 e. The van der Waals surface area contributed by atoms with Gasteiger partial charge in [-0.2, -0.15) is 0 Å². The van der Waals surface area contributed by atoms with Gasteiger partial charge in [0.1, 0.15) is 0 Å². The van der Waals surface area contributed by atoms with Crippen molar-refractivity contribution in [1.82, 2.24) is 10.2 Å². The van der Waals surface area contributed by atoms with Crippen LogP contribution in [0.2, 0.25) is 0 Å². The molecule has 3 N–H and O–H groups in total. The fourth-order valence-corrected chi connectivity index (χ4v) is 3.06. The van der Waals surface area contributed by atoms with Gasteiger partial charge in [0.05, 0.1) is 20.8 Å². The molecule has 0 aromatic heterocycles. The van der Waals surface area contributed by atoms with E-state index in [2.05, 4.69) is 22.1 Å². The van der Waals surface area contributed by atoms with Gasteiger partial charge in [0.15, 0.2) is 17.5 Å². The Balaban J connectivity index is 0.00000312. The number of rotatable bonds is 8. The Hall–Kier alpha value is -1.22. The Morgan fingerprint density at radius 1 is 1.32 bits per heavy atom. The minimum atomic E-state index is 0. The van der Waals surface area contributed by atoms with Crippen LogP contribution in [-0.2, 0) is 6.54 Å². The minimum Gasteiger partial charge on any atom is -0.493 e. The number of hydrogen-bond donors (Lipinski definition) is 2. The highest BCUT2D eigenvalue weighted by atomic mass is 127. The Kier molecular flexibility index (Phi) is 9.96. The number of nitrogens with one attached hydrogen (secondary N) is 1. The molecule has 1 unspecified atom stereocenters. The second kappa shape index (κ2) is 11.4. The molecule has 1 atom stereocenters. The van der Waals surface area contributed by atoms with Crippen molar-refractivity contribution in [2.24, 2.45) is 16.6 Å². The normalized spacial score (nSPS) is 17.9. The van der Waals surface area contributed by atoms with E-state index < -0.39 is 0 Å². The second-order valence-electron chi connectivity index (χ2n) is 6.23. The molecule has 1 aromatic carbocycles. The van der Waals surface area contributed by atoms with E-state index >= 15 is 0 Å². The van der Waals surface area contributed by atoms with Crippen molar-refractivity contribution in [1.29, 1.82) is 0 Å². The van der Waals surface area contributed by atoms with Crippen LogP contribution in [-0.4, -0.2) is 51.3 Å². The largest absolute Gasteiger partial charge is 0.493 e. The second-order valence-corrected chi connectivity index (χ2v) is 6.23. The van der Waals surface area contributed by atoms with Crippen molar-refractivity contribution < 1.29 is 9.47 Å². The number of nitrogens with zero attached hydrogens (tertiary/aromatic N) is 2. The number of guanidine groups is 1. The molecule has 0 amide bonds. The van der Waals surface area contributed by atoms with Gasteiger partial charge < -0.3 is 25.4 Å². The molecule has 6 nitrogen and oxygen atoms in total. The maximum atomic E-state index is 5.99. The van der Waals surface area contributed by atoms with Gasteiger partial charge in [-0.3, -0.25) is 0 Å². The average Bonchev–Trinajstić information content (AvgIpc) is 3.05. The highest BCUT2D eigenvalue weighted by Crippen LogP contribution is 2.27. The lowest BCUT2D eigenvalue weighted by atomic mass is 10.1. The molecule has 0 bridgehead atoms. The predicted molar refractivity (Wildman–Crippen MR) is 113 cm³/mol. The molecule has 1 fully saturated rings. The monoisotopic (exact) mass is 462 g/mol. The third kappa shape index (κ3) is 6.89. The number of ether oxygens (including phenoxy) is 2. The topological polar surface area (TPSA) is 72.1 Å². The highest BCUT2D eigenvalue weighted by Gasteiger charge is 2.21. The van der Waals surface area contributed by atoms with Crippen molar-refractivity contribution in [3.63, 3.8) is 0 Å². The molecule has 0 aliphatic carbocycles. The molecule has 0 spiro atoms. The molecule has 1 heterocycles. The third-order valence-corrected chi connectivity index (χ3v) is 4.36. The Labute approximate surface area is 168 Å². The van der Waals surface area contributed by atoms with E-state index in [1.54, 1.807) is 14.2 Å². The Bertz CT molecular complexity index is 554. The molecular formula is C18H31IN4O2. The number of methoxy groups -OCH3 is 2. The zero-order valence-electron chi connectivity index (χ0n) is 15.5. The number of aliphatic imine (C=N–C) groups is 1. The molecule has 1 aliphatic heterocycles. The first kappa shape index (κ1) is 21.8. The van der Waals surface area contributed by atoms with Crippen LogP contribution in [0, 0.1) is 5.92 Å². The predicted octanol–water partition coefficient (Wildman–Crippen LogP) is 2.46. The lowest BCUT2D eigenvalue weighted by Crippen LogP contribution is -2.36. The van der Waals surface area contributed by atoms with Crippen LogP contribution in [0.1, 0.15) is 25.3 Å². The number of benzene rings is 1. The molecule has 1 aromatic rings. The molecule has 1 aliphatic rings. The maximum Gasteiger partial charge on any atom is 0.188 e. The Morgan fingerprint density at radius 2 is 2.08 bits per heavy atom. The van der Waals surface area contributed by atoms with Crippen molar-refractivity contribution in [2.75, 3.05) is 40.4 Å². The molecule has 142 valence electrons. The van der Waals surface area contributed by atoms with Crippen LogP contribution in [0.3, 0.4) is 0 Å². The maximum absolute atomic E-state index is 5.99. The van der Waals surface area contributed by atoms with Crippen molar-refractivity contribution in [3.8, 4) is 11.5 Å². The summed E-state index contributed by atoms with van der Waals surface area (Å²) in [7, 11) is 3.26. The van der Waals surface area contributed by atoms with Crippen molar-refractivity contribution in [2.45, 2.75) is 26.3 Å². The summed E-state index contributed by atoms with van der Waals surface area (Å²) < 4.78 is 10.5. The molecule has 7 heteroatoms. The summed E-state index contributed by atoms with van der Waals surface area (Å²) in [5.74, 6) is 2.58. The number of likely N-dealkylation sites (tertiary alicyclic amines) is 1. The summed E-state index contributed by atoms with van der Waals surface area (Å²) in [4.78, 5) is 6.93. The van der Waals surface area contributed by atoms with Crippen molar-refractivity contribution in [3.05, 3.63) is 23.8 Å². The van der Waals surface area contributed by atoms with Crippen LogP contribution in [0.4, 0.5) is 0 Å². The number of hydrogen-bond acceptors (Lipinski definition) is 4. The van der Waals surface area contributed by atoms with Crippen LogP contribution in [0.5, 0.6) is 11.5 Å². The van der Waals surface area contributed by atoms with Crippen molar-refractivity contribution >= 4 is 29.9 Å². The SMILES string of the molecule is CCCN1CCC(CNC(N)=NCc2ccc(OC)c(OC)c2)C1.I. The summed E-state index contributed by atoms with van der Waals surface area (Å²) >= 11 is 0. The first-order valence-corrected chi connectivity index (χ1v) is 8.63. The first-order chi connectivity index (χ1) is 11.7.